The van der Waals surface area contributed by atoms with E-state index >= 15 is 0 Å². The fourth-order valence-corrected chi connectivity index (χ4v) is 6.82. The van der Waals surface area contributed by atoms with Gasteiger partial charge >= 0.3 is 23.9 Å². The van der Waals surface area contributed by atoms with E-state index in [-0.39, 0.29) is 5.48 Å². The second-order valence-electron chi connectivity index (χ2n) is 11.4. The molecule has 0 spiro atoms. The Morgan fingerprint density at radius 1 is 0.826 bits per heavy atom. The van der Waals surface area contributed by atoms with E-state index in [1.54, 1.807) is 6.07 Å². The zero-order chi connectivity index (χ0) is 33.4. The zero-order valence-electron chi connectivity index (χ0n) is 26.1. The van der Waals surface area contributed by atoms with Gasteiger partial charge in [0.15, 0.2) is 0 Å². The first-order valence-corrected chi connectivity index (χ1v) is 16.6. The number of likely N-dealkylation sites (tertiary alicyclic amines) is 1. The number of nitrogens with zero attached hydrogens (tertiary/aromatic N) is 2. The lowest BCUT2D eigenvalue weighted by atomic mass is 9.88. The van der Waals surface area contributed by atoms with Crippen LogP contribution in [0.4, 0.5) is 0 Å². The molecular formula is C31H47N3O11S. The molecule has 0 aromatic heterocycles. The summed E-state index contributed by atoms with van der Waals surface area (Å²) in [6.07, 6.45) is 13.4. The third-order valence-corrected chi connectivity index (χ3v) is 9.46. The van der Waals surface area contributed by atoms with Crippen LogP contribution in [-0.2, 0) is 42.2 Å². The molecule has 0 radical (unpaired) electrons. The predicted molar refractivity (Wildman–Crippen MR) is 170 cm³/mol. The molecule has 2 fully saturated rings. The van der Waals surface area contributed by atoms with Crippen molar-refractivity contribution in [3.05, 3.63) is 53.6 Å². The van der Waals surface area contributed by atoms with Gasteiger partial charge in [0, 0.05) is 56.5 Å². The summed E-state index contributed by atoms with van der Waals surface area (Å²) in [6.45, 7) is 4.80. The maximum Gasteiger partial charge on any atom is 0.328 e. The van der Waals surface area contributed by atoms with Gasteiger partial charge < -0.3 is 30.8 Å². The maximum atomic E-state index is 12.8. The average Bonchev–Trinajstić information content (AvgIpc) is 3.40. The second kappa shape index (κ2) is 20.5. The molecule has 0 unspecified atom stereocenters. The van der Waals surface area contributed by atoms with Gasteiger partial charge in [-0.05, 0) is 81.3 Å². The minimum absolute atomic E-state index is 0. The van der Waals surface area contributed by atoms with Crippen LogP contribution >= 0.6 is 0 Å². The Morgan fingerprint density at radius 2 is 1.39 bits per heavy atom. The normalized spacial score (nSPS) is 18.8. The molecule has 1 aromatic rings. The number of nitrogens with one attached hydrogen (secondary N) is 1. The highest BCUT2D eigenvalue weighted by Gasteiger charge is 2.24. The quantitative estimate of drug-likeness (QED) is 0.213. The van der Waals surface area contributed by atoms with Crippen molar-refractivity contribution in [1.82, 2.24) is 14.5 Å². The molecule has 2 aliphatic heterocycles. The molecular weight excluding hydrogens is 622 g/mol. The summed E-state index contributed by atoms with van der Waals surface area (Å²) >= 11 is 0. The molecule has 3 aliphatic rings. The van der Waals surface area contributed by atoms with Crippen LogP contribution in [0.5, 0.6) is 0 Å². The van der Waals surface area contributed by atoms with Gasteiger partial charge in [0.05, 0.1) is 4.90 Å². The Labute approximate surface area is 269 Å². The van der Waals surface area contributed by atoms with Gasteiger partial charge in [-0.1, -0.05) is 25.3 Å². The topological polar surface area (TPSA) is 233 Å². The van der Waals surface area contributed by atoms with E-state index in [2.05, 4.69) is 21.6 Å². The highest BCUT2D eigenvalue weighted by atomic mass is 32.2. The molecule has 4 rings (SSSR count). The van der Waals surface area contributed by atoms with Gasteiger partial charge in [-0.2, -0.15) is 0 Å². The van der Waals surface area contributed by atoms with Gasteiger partial charge in [0.1, 0.15) is 0 Å². The van der Waals surface area contributed by atoms with E-state index in [0.29, 0.717) is 41.8 Å². The molecule has 258 valence electrons. The lowest BCUT2D eigenvalue weighted by Gasteiger charge is -2.33. The van der Waals surface area contributed by atoms with E-state index in [1.807, 2.05) is 12.1 Å². The molecule has 1 aromatic carbocycles. The Balaban J connectivity index is 0.000000518. The monoisotopic (exact) mass is 669 g/mol. The number of carbonyl (C=O) groups is 4. The van der Waals surface area contributed by atoms with E-state index in [0.717, 1.165) is 38.4 Å². The zero-order valence-corrected chi connectivity index (χ0v) is 27.0. The van der Waals surface area contributed by atoms with Crippen molar-refractivity contribution >= 4 is 33.9 Å². The maximum absolute atomic E-state index is 12.8. The molecule has 7 N–H and O–H groups in total. The number of carboxylic acid groups (broad SMARTS) is 4. The lowest BCUT2D eigenvalue weighted by Crippen LogP contribution is -2.35. The number of carboxylic acids is 4. The summed E-state index contributed by atoms with van der Waals surface area (Å²) in [5.41, 5.74) is 2.52. The van der Waals surface area contributed by atoms with Gasteiger partial charge in [-0.15, -0.1) is 0 Å². The fourth-order valence-electron chi connectivity index (χ4n) is 5.72. The minimum atomic E-state index is -3.43. The summed E-state index contributed by atoms with van der Waals surface area (Å²) < 4.78 is 28.5. The number of fused-ring (bicyclic) bond motifs is 1. The van der Waals surface area contributed by atoms with Gasteiger partial charge in [0.25, 0.3) is 0 Å². The summed E-state index contributed by atoms with van der Waals surface area (Å²) in [5, 5.41) is 31.2. The first-order chi connectivity index (χ1) is 21.3. The smallest absolute Gasteiger partial charge is 0.328 e. The molecule has 1 aliphatic carbocycles. The van der Waals surface area contributed by atoms with Crippen LogP contribution < -0.4 is 4.72 Å². The Hall–Kier alpha value is -3.63. The minimum Gasteiger partial charge on any atom is -0.478 e. The number of hydrogen-bond donors (Lipinski definition) is 5. The predicted octanol–water partition coefficient (Wildman–Crippen LogP) is 1.99. The highest BCUT2D eigenvalue weighted by molar-refractivity contribution is 7.89. The average molecular weight is 670 g/mol. The first kappa shape index (κ1) is 40.4. The van der Waals surface area contributed by atoms with Crippen molar-refractivity contribution in [2.45, 2.75) is 75.3 Å². The Kier molecular flexibility index (Phi) is 18.0. The van der Waals surface area contributed by atoms with Crippen LogP contribution in [0.15, 0.2) is 47.4 Å². The largest absolute Gasteiger partial charge is 0.478 e. The first-order valence-electron chi connectivity index (χ1n) is 15.1. The van der Waals surface area contributed by atoms with Crippen molar-refractivity contribution in [3.8, 4) is 0 Å². The standard InChI is InChI=1S/C23H37N3O2S.2C4H4O4.H2O/c1-25-14-5-8-22(25)11-13-24-29(27,28)23-10-9-20-12-15-26(18-21(20)16-23)17-19-6-3-2-4-7-19;2*5-3(6)1-2-4(7)8;/h9-10,16,19,22,24H,2-8,11-15,17-18H2,1H3;2*1-2H,(H,5,6)(H,7,8);1H2/t22-;;;/m0.../s1. The third kappa shape index (κ3) is 15.6. The second-order valence-corrected chi connectivity index (χ2v) is 13.2. The van der Waals surface area contributed by atoms with Crippen LogP contribution in [0.2, 0.25) is 0 Å². The van der Waals surface area contributed by atoms with E-state index in [9.17, 15) is 27.6 Å². The molecule has 14 nitrogen and oxygen atoms in total. The number of rotatable bonds is 11. The number of benzene rings is 1. The van der Waals surface area contributed by atoms with Gasteiger partial charge in [0.2, 0.25) is 10.0 Å². The van der Waals surface area contributed by atoms with Crippen molar-refractivity contribution in [2.24, 2.45) is 5.92 Å². The van der Waals surface area contributed by atoms with E-state index in [1.165, 1.54) is 62.6 Å². The lowest BCUT2D eigenvalue weighted by molar-refractivity contribution is -0.134. The number of aliphatic carboxylic acids is 4. The molecule has 46 heavy (non-hydrogen) atoms. The Morgan fingerprint density at radius 3 is 1.89 bits per heavy atom. The molecule has 1 saturated heterocycles. The molecule has 1 atom stereocenters. The molecule has 0 bridgehead atoms. The molecule has 2 heterocycles. The number of hydrogen-bond acceptors (Lipinski definition) is 8. The Bertz CT molecular complexity index is 1260. The third-order valence-electron chi connectivity index (χ3n) is 8.00. The van der Waals surface area contributed by atoms with Crippen molar-refractivity contribution in [2.75, 3.05) is 33.2 Å². The van der Waals surface area contributed by atoms with Crippen molar-refractivity contribution in [1.29, 1.82) is 0 Å². The van der Waals surface area contributed by atoms with Gasteiger partial charge in [-0.3, -0.25) is 4.90 Å². The summed E-state index contributed by atoms with van der Waals surface area (Å²) in [4.78, 5) is 43.5. The highest BCUT2D eigenvalue weighted by Crippen LogP contribution is 2.28. The van der Waals surface area contributed by atoms with E-state index < -0.39 is 33.9 Å². The fraction of sp³-hybridized carbons (Fsp3) is 0.548. The van der Waals surface area contributed by atoms with Crippen LogP contribution in [0.25, 0.3) is 0 Å². The SMILES string of the molecule is CN1CCC[C@H]1CCNS(=O)(=O)c1ccc2c(c1)CN(CC1CCCCC1)CC2.O.O=C(O)C=CC(=O)O.O=C(O)C=CC(=O)O. The summed E-state index contributed by atoms with van der Waals surface area (Å²) in [6, 6.07) is 6.26. The van der Waals surface area contributed by atoms with E-state index in [4.69, 9.17) is 20.4 Å². The van der Waals surface area contributed by atoms with Crippen molar-refractivity contribution < 1.29 is 53.5 Å². The molecule has 1 saturated carbocycles. The van der Waals surface area contributed by atoms with Crippen LogP contribution in [-0.4, -0.2) is 107 Å². The van der Waals surface area contributed by atoms with Crippen LogP contribution in [0.3, 0.4) is 0 Å². The van der Waals surface area contributed by atoms with Crippen molar-refractivity contribution in [3.63, 3.8) is 0 Å². The van der Waals surface area contributed by atoms with Crippen LogP contribution in [0, 0.1) is 5.92 Å². The number of sulfonamides is 1. The molecule has 15 heteroatoms. The molecule has 0 amide bonds. The summed E-state index contributed by atoms with van der Waals surface area (Å²) in [7, 11) is -1.30. The van der Waals surface area contributed by atoms with Crippen LogP contribution in [0.1, 0.15) is 62.5 Å². The summed E-state index contributed by atoms with van der Waals surface area (Å²) in [5.74, 6) is -4.20. The van der Waals surface area contributed by atoms with Gasteiger partial charge in [-0.25, -0.2) is 32.3 Å².